The van der Waals surface area contributed by atoms with E-state index in [4.69, 9.17) is 4.74 Å². The number of urea groups is 1. The number of carbonyl (C=O) groups is 1. The Hall–Kier alpha value is -4.21. The number of ether oxygens (including phenoxy) is 1. The Bertz CT molecular complexity index is 1300. The van der Waals surface area contributed by atoms with Crippen LogP contribution in [-0.2, 0) is 0 Å². The van der Waals surface area contributed by atoms with Crippen molar-refractivity contribution in [3.8, 4) is 11.5 Å². The minimum absolute atomic E-state index is 0.0217. The van der Waals surface area contributed by atoms with Gasteiger partial charge in [0.25, 0.3) is 0 Å². The van der Waals surface area contributed by atoms with Crippen molar-refractivity contribution in [3.05, 3.63) is 84.2 Å². The fourth-order valence-corrected chi connectivity index (χ4v) is 2.74. The number of hydrogen-bond donors (Lipinski definition) is 2. The zero-order chi connectivity index (χ0) is 22.0. The van der Waals surface area contributed by atoms with E-state index < -0.39 is 40.7 Å². The van der Waals surface area contributed by atoms with E-state index in [9.17, 15) is 22.4 Å². The molecule has 0 atom stereocenters. The maximum atomic E-state index is 14.8. The summed E-state index contributed by atoms with van der Waals surface area (Å²) in [5.41, 5.74) is 0.314. The Kier molecular flexibility index (Phi) is 5.35. The topological polar surface area (TPSA) is 76.1 Å². The van der Waals surface area contributed by atoms with Crippen molar-refractivity contribution in [2.24, 2.45) is 0 Å². The minimum atomic E-state index is -1.58. The first-order chi connectivity index (χ1) is 14.9. The first-order valence-corrected chi connectivity index (χ1v) is 8.80. The van der Waals surface area contributed by atoms with Crippen molar-refractivity contribution in [2.45, 2.75) is 0 Å². The molecule has 0 fully saturated rings. The summed E-state index contributed by atoms with van der Waals surface area (Å²) in [6, 6.07) is 8.67. The number of benzene rings is 3. The molecular weight excluding hydrogens is 416 g/mol. The zero-order valence-electron chi connectivity index (χ0n) is 15.5. The maximum Gasteiger partial charge on any atom is 0.323 e. The van der Waals surface area contributed by atoms with Gasteiger partial charge >= 0.3 is 6.03 Å². The van der Waals surface area contributed by atoms with Crippen LogP contribution in [0.3, 0.4) is 0 Å². The average molecular weight is 428 g/mol. The van der Waals surface area contributed by atoms with E-state index in [0.29, 0.717) is 17.1 Å². The summed E-state index contributed by atoms with van der Waals surface area (Å²) in [5.74, 6) is -6.04. The van der Waals surface area contributed by atoms with Gasteiger partial charge in [0.15, 0.2) is 11.6 Å². The lowest BCUT2D eigenvalue weighted by Gasteiger charge is -2.13. The second-order valence-electron chi connectivity index (χ2n) is 6.26. The lowest BCUT2D eigenvalue weighted by atomic mass is 10.2. The van der Waals surface area contributed by atoms with Crippen LogP contribution in [0, 0.1) is 23.3 Å². The molecule has 10 heteroatoms. The first kappa shape index (κ1) is 20.1. The van der Waals surface area contributed by atoms with Crippen LogP contribution >= 0.6 is 0 Å². The van der Waals surface area contributed by atoms with Gasteiger partial charge in [-0.1, -0.05) is 6.07 Å². The largest absolute Gasteiger partial charge is 0.451 e. The van der Waals surface area contributed by atoms with Gasteiger partial charge in [0, 0.05) is 30.2 Å². The number of halogens is 4. The smallest absolute Gasteiger partial charge is 0.323 e. The Balaban J connectivity index is 1.60. The van der Waals surface area contributed by atoms with Gasteiger partial charge in [-0.2, -0.15) is 4.39 Å². The van der Waals surface area contributed by atoms with Gasteiger partial charge in [0.1, 0.15) is 11.6 Å². The van der Waals surface area contributed by atoms with Crippen LogP contribution in [0.5, 0.6) is 11.5 Å². The summed E-state index contributed by atoms with van der Waals surface area (Å²) in [6.07, 6.45) is 2.90. The predicted octanol–water partition coefficient (Wildman–Crippen LogP) is 5.62. The lowest BCUT2D eigenvalue weighted by molar-refractivity contribution is 0.262. The predicted molar refractivity (Wildman–Crippen MR) is 105 cm³/mol. The van der Waals surface area contributed by atoms with Crippen molar-refractivity contribution in [1.82, 2.24) is 9.97 Å². The van der Waals surface area contributed by atoms with Crippen molar-refractivity contribution in [1.29, 1.82) is 0 Å². The highest BCUT2D eigenvalue weighted by Gasteiger charge is 2.22. The fourth-order valence-electron chi connectivity index (χ4n) is 2.74. The van der Waals surface area contributed by atoms with Crippen LogP contribution < -0.4 is 15.4 Å². The van der Waals surface area contributed by atoms with E-state index in [1.807, 2.05) is 5.32 Å². The van der Waals surface area contributed by atoms with Crippen molar-refractivity contribution < 1.29 is 27.1 Å². The lowest BCUT2D eigenvalue weighted by Crippen LogP contribution is -2.20. The minimum Gasteiger partial charge on any atom is -0.451 e. The van der Waals surface area contributed by atoms with Crippen molar-refractivity contribution in [3.63, 3.8) is 0 Å². The van der Waals surface area contributed by atoms with E-state index in [1.165, 1.54) is 48.8 Å². The molecule has 2 amide bonds. The molecule has 6 nitrogen and oxygen atoms in total. The van der Waals surface area contributed by atoms with Crippen molar-refractivity contribution in [2.75, 3.05) is 10.6 Å². The van der Waals surface area contributed by atoms with E-state index in [2.05, 4.69) is 15.3 Å². The van der Waals surface area contributed by atoms with Gasteiger partial charge < -0.3 is 15.4 Å². The molecule has 0 unspecified atom stereocenters. The normalized spacial score (nSPS) is 10.7. The third kappa shape index (κ3) is 4.37. The molecule has 4 rings (SSSR count). The summed E-state index contributed by atoms with van der Waals surface area (Å²) in [5, 5.41) is 4.30. The monoisotopic (exact) mass is 428 g/mol. The number of carbonyl (C=O) groups excluding carboxylic acids is 1. The van der Waals surface area contributed by atoms with Crippen LogP contribution in [0.2, 0.25) is 0 Å². The molecule has 0 aliphatic heterocycles. The second-order valence-corrected chi connectivity index (χ2v) is 6.26. The molecule has 0 radical (unpaired) electrons. The van der Waals surface area contributed by atoms with Crippen LogP contribution in [-0.4, -0.2) is 16.0 Å². The molecule has 1 heterocycles. The SMILES string of the molecule is O=C(Nc1cccc(F)c1)Nc1cc(F)c(F)c(Oc2ccc3nccnc3c2)c1F. The number of aromatic nitrogens is 2. The summed E-state index contributed by atoms with van der Waals surface area (Å²) in [4.78, 5) is 20.2. The third-order valence-corrected chi connectivity index (χ3v) is 4.11. The van der Waals surface area contributed by atoms with E-state index in [-0.39, 0.29) is 11.4 Å². The average Bonchev–Trinajstić information content (AvgIpc) is 2.75. The number of anilines is 2. The standard InChI is InChI=1S/C21H12F4N4O2/c22-11-2-1-3-12(8-11)28-21(30)29-17-10-14(23)18(24)20(19(17)25)31-13-4-5-15-16(9-13)27-7-6-26-15/h1-10H,(H2,28,29,30). The Morgan fingerprint density at radius 1 is 0.839 bits per heavy atom. The van der Waals surface area contributed by atoms with E-state index in [0.717, 1.165) is 6.07 Å². The number of hydrogen-bond acceptors (Lipinski definition) is 4. The van der Waals surface area contributed by atoms with Gasteiger partial charge in [0.2, 0.25) is 11.6 Å². The number of nitrogens with one attached hydrogen (secondary N) is 2. The number of fused-ring (bicyclic) bond motifs is 1. The van der Waals surface area contributed by atoms with Gasteiger partial charge in [-0.15, -0.1) is 0 Å². The molecule has 0 bridgehead atoms. The molecule has 2 N–H and O–H groups in total. The summed E-state index contributed by atoms with van der Waals surface area (Å²) < 4.78 is 61.5. The third-order valence-electron chi connectivity index (χ3n) is 4.11. The van der Waals surface area contributed by atoms with Gasteiger partial charge in [-0.25, -0.2) is 18.0 Å². The summed E-state index contributed by atoms with van der Waals surface area (Å²) in [7, 11) is 0. The molecule has 0 aliphatic carbocycles. The molecule has 0 saturated heterocycles. The molecule has 0 aliphatic rings. The second kappa shape index (κ2) is 8.27. The highest BCUT2D eigenvalue weighted by atomic mass is 19.2. The number of rotatable bonds is 4. The van der Waals surface area contributed by atoms with Crippen molar-refractivity contribution >= 4 is 28.4 Å². The fraction of sp³-hybridized carbons (Fsp3) is 0. The van der Waals surface area contributed by atoms with E-state index >= 15 is 0 Å². The van der Waals surface area contributed by atoms with Crippen LogP contribution in [0.4, 0.5) is 33.7 Å². The van der Waals surface area contributed by atoms with E-state index in [1.54, 1.807) is 0 Å². The highest BCUT2D eigenvalue weighted by molar-refractivity contribution is 6.00. The molecule has 4 aromatic rings. The first-order valence-electron chi connectivity index (χ1n) is 8.80. The van der Waals surface area contributed by atoms with Gasteiger partial charge in [-0.05, 0) is 30.3 Å². The number of nitrogens with zero attached hydrogens (tertiary/aromatic N) is 2. The summed E-state index contributed by atoms with van der Waals surface area (Å²) in [6.45, 7) is 0. The number of amides is 2. The Morgan fingerprint density at radius 3 is 2.39 bits per heavy atom. The van der Waals surface area contributed by atoms with Gasteiger partial charge in [-0.3, -0.25) is 9.97 Å². The molecule has 3 aromatic carbocycles. The van der Waals surface area contributed by atoms with Gasteiger partial charge in [0.05, 0.1) is 16.7 Å². The molecule has 31 heavy (non-hydrogen) atoms. The molecular formula is C21H12F4N4O2. The summed E-state index contributed by atoms with van der Waals surface area (Å²) >= 11 is 0. The zero-order valence-corrected chi connectivity index (χ0v) is 15.5. The molecule has 1 aromatic heterocycles. The molecule has 156 valence electrons. The Labute approximate surface area is 172 Å². The highest BCUT2D eigenvalue weighted by Crippen LogP contribution is 2.34. The maximum absolute atomic E-state index is 14.8. The molecule has 0 saturated carbocycles. The molecule has 0 spiro atoms. The Morgan fingerprint density at radius 2 is 1.61 bits per heavy atom. The van der Waals surface area contributed by atoms with Crippen LogP contribution in [0.1, 0.15) is 0 Å². The van der Waals surface area contributed by atoms with Crippen LogP contribution in [0.15, 0.2) is 60.9 Å². The quantitative estimate of drug-likeness (QED) is 0.327. The van der Waals surface area contributed by atoms with Crippen LogP contribution in [0.25, 0.3) is 11.0 Å².